The van der Waals surface area contributed by atoms with Crippen LogP contribution in [-0.2, 0) is 0 Å². The molecule has 0 aliphatic carbocycles. The summed E-state index contributed by atoms with van der Waals surface area (Å²) in [6.07, 6.45) is 0. The monoisotopic (exact) mass is 319 g/mol. The first-order valence-electron chi connectivity index (χ1n) is 7.19. The second-order valence-electron chi connectivity index (χ2n) is 5.10. The van der Waals surface area contributed by atoms with Gasteiger partial charge in [0.1, 0.15) is 5.03 Å². The molecular formula is C17H13N5S. The first kappa shape index (κ1) is 13.9. The van der Waals surface area contributed by atoms with Crippen LogP contribution >= 0.6 is 11.8 Å². The third kappa shape index (κ3) is 2.68. The van der Waals surface area contributed by atoms with E-state index in [2.05, 4.69) is 26.6 Å². The van der Waals surface area contributed by atoms with Gasteiger partial charge in [-0.1, -0.05) is 42.5 Å². The number of fused-ring (bicyclic) bond motifs is 1. The quantitative estimate of drug-likeness (QED) is 0.576. The molecule has 0 atom stereocenters. The molecule has 5 nitrogen and oxygen atoms in total. The van der Waals surface area contributed by atoms with Crippen molar-refractivity contribution in [2.75, 3.05) is 0 Å². The molecule has 0 bridgehead atoms. The van der Waals surface area contributed by atoms with Gasteiger partial charge in [-0.15, -0.1) is 5.10 Å². The van der Waals surface area contributed by atoms with Crippen LogP contribution in [0.25, 0.3) is 16.6 Å². The van der Waals surface area contributed by atoms with E-state index in [1.165, 1.54) is 11.8 Å². The molecule has 0 unspecified atom stereocenters. The number of para-hydroxylation sites is 2. The summed E-state index contributed by atoms with van der Waals surface area (Å²) < 4.78 is 1.75. The molecule has 2 heterocycles. The van der Waals surface area contributed by atoms with Crippen LogP contribution < -0.4 is 0 Å². The predicted molar refractivity (Wildman–Crippen MR) is 89.8 cm³/mol. The fraction of sp³-hybridized carbons (Fsp3) is 0.0588. The van der Waals surface area contributed by atoms with Gasteiger partial charge in [-0.2, -0.15) is 4.68 Å². The van der Waals surface area contributed by atoms with Crippen molar-refractivity contribution in [3.05, 3.63) is 66.2 Å². The molecule has 0 aliphatic rings. The zero-order chi connectivity index (χ0) is 15.6. The summed E-state index contributed by atoms with van der Waals surface area (Å²) in [7, 11) is 0. The van der Waals surface area contributed by atoms with E-state index in [1.807, 2.05) is 61.5 Å². The summed E-state index contributed by atoms with van der Waals surface area (Å²) in [5, 5.41) is 14.7. The van der Waals surface area contributed by atoms with E-state index < -0.39 is 0 Å². The molecule has 2 aromatic heterocycles. The molecule has 23 heavy (non-hydrogen) atoms. The van der Waals surface area contributed by atoms with E-state index in [0.29, 0.717) is 5.16 Å². The van der Waals surface area contributed by atoms with E-state index in [0.717, 1.165) is 27.2 Å². The van der Waals surface area contributed by atoms with Crippen LogP contribution in [0.5, 0.6) is 0 Å². The van der Waals surface area contributed by atoms with Gasteiger partial charge in [0.05, 0.1) is 11.2 Å². The van der Waals surface area contributed by atoms with E-state index in [-0.39, 0.29) is 0 Å². The van der Waals surface area contributed by atoms with Crippen LogP contribution in [0, 0.1) is 6.92 Å². The molecule has 0 fully saturated rings. The van der Waals surface area contributed by atoms with Crippen LogP contribution in [0.4, 0.5) is 0 Å². The van der Waals surface area contributed by atoms with E-state index in [4.69, 9.17) is 0 Å². The van der Waals surface area contributed by atoms with Crippen molar-refractivity contribution in [1.29, 1.82) is 0 Å². The molecule has 0 saturated heterocycles. The van der Waals surface area contributed by atoms with E-state index in [9.17, 15) is 0 Å². The van der Waals surface area contributed by atoms with Crippen LogP contribution in [-0.4, -0.2) is 25.2 Å². The predicted octanol–water partition coefficient (Wildman–Crippen LogP) is 3.67. The minimum Gasteiger partial charge on any atom is -0.241 e. The maximum atomic E-state index is 4.66. The van der Waals surface area contributed by atoms with Crippen molar-refractivity contribution in [1.82, 2.24) is 25.2 Å². The Morgan fingerprint density at radius 3 is 2.65 bits per heavy atom. The molecule has 0 radical (unpaired) electrons. The Kier molecular flexibility index (Phi) is 3.51. The van der Waals surface area contributed by atoms with Crippen LogP contribution in [0.15, 0.2) is 70.8 Å². The average molecular weight is 319 g/mol. The molecular weight excluding hydrogens is 306 g/mol. The highest BCUT2D eigenvalue weighted by Crippen LogP contribution is 2.27. The molecule has 0 spiro atoms. The van der Waals surface area contributed by atoms with Crippen LogP contribution in [0.1, 0.15) is 5.56 Å². The number of tetrazole rings is 1. The lowest BCUT2D eigenvalue weighted by Crippen LogP contribution is -2.01. The second kappa shape index (κ2) is 5.81. The Morgan fingerprint density at radius 1 is 0.913 bits per heavy atom. The number of hydrogen-bond donors (Lipinski definition) is 0. The molecule has 0 amide bonds. The lowest BCUT2D eigenvalue weighted by molar-refractivity contribution is 0.751. The highest BCUT2D eigenvalue weighted by atomic mass is 32.2. The minimum absolute atomic E-state index is 0.696. The van der Waals surface area contributed by atoms with Gasteiger partial charge in [-0.05, 0) is 52.9 Å². The average Bonchev–Trinajstić information content (AvgIpc) is 3.03. The Labute approximate surface area is 137 Å². The summed E-state index contributed by atoms with van der Waals surface area (Å²) >= 11 is 1.46. The molecule has 0 aliphatic heterocycles. The first-order valence-corrected chi connectivity index (χ1v) is 8.01. The molecule has 4 rings (SSSR count). The maximum Gasteiger partial charge on any atom is 0.220 e. The molecule has 2 aromatic carbocycles. The number of aromatic nitrogens is 5. The zero-order valence-corrected chi connectivity index (χ0v) is 13.2. The minimum atomic E-state index is 0.696. The maximum absolute atomic E-state index is 4.66. The van der Waals surface area contributed by atoms with Gasteiger partial charge in [0.25, 0.3) is 0 Å². The number of pyridine rings is 1. The molecule has 0 N–H and O–H groups in total. The molecule has 6 heteroatoms. The smallest absolute Gasteiger partial charge is 0.220 e. The highest BCUT2D eigenvalue weighted by Gasteiger charge is 2.12. The number of benzene rings is 2. The third-order valence-electron chi connectivity index (χ3n) is 3.55. The van der Waals surface area contributed by atoms with Crippen molar-refractivity contribution >= 4 is 22.7 Å². The Morgan fingerprint density at radius 2 is 1.74 bits per heavy atom. The number of hydrogen-bond acceptors (Lipinski definition) is 5. The van der Waals surface area contributed by atoms with Gasteiger partial charge in [0, 0.05) is 5.39 Å². The topological polar surface area (TPSA) is 56.5 Å². The van der Waals surface area contributed by atoms with Gasteiger partial charge >= 0.3 is 0 Å². The number of aryl methyl sites for hydroxylation is 1. The zero-order valence-electron chi connectivity index (χ0n) is 12.4. The van der Waals surface area contributed by atoms with Crippen molar-refractivity contribution in [3.63, 3.8) is 0 Å². The van der Waals surface area contributed by atoms with Crippen LogP contribution in [0.3, 0.4) is 0 Å². The van der Waals surface area contributed by atoms with Crippen molar-refractivity contribution in [2.24, 2.45) is 0 Å². The largest absolute Gasteiger partial charge is 0.241 e. The molecule has 0 saturated carbocycles. The van der Waals surface area contributed by atoms with Crippen molar-refractivity contribution < 1.29 is 0 Å². The molecule has 112 valence electrons. The summed E-state index contributed by atoms with van der Waals surface area (Å²) in [6, 6.07) is 20.1. The number of nitrogens with zero attached hydrogens (tertiary/aromatic N) is 5. The summed E-state index contributed by atoms with van der Waals surface area (Å²) in [4.78, 5) is 4.66. The first-order chi connectivity index (χ1) is 11.3. The SMILES string of the molecule is Cc1ccccc1-n1nnnc1Sc1ccc2ccccc2n1. The van der Waals surface area contributed by atoms with E-state index >= 15 is 0 Å². The lowest BCUT2D eigenvalue weighted by Gasteiger charge is -2.07. The third-order valence-corrected chi connectivity index (χ3v) is 4.43. The number of rotatable bonds is 3. The molecule has 4 aromatic rings. The van der Waals surface area contributed by atoms with Crippen molar-refractivity contribution in [2.45, 2.75) is 17.1 Å². The van der Waals surface area contributed by atoms with Crippen LogP contribution in [0.2, 0.25) is 0 Å². The fourth-order valence-corrected chi connectivity index (χ4v) is 3.16. The van der Waals surface area contributed by atoms with Gasteiger partial charge in [-0.3, -0.25) is 0 Å². The van der Waals surface area contributed by atoms with Gasteiger partial charge < -0.3 is 0 Å². The summed E-state index contributed by atoms with van der Waals surface area (Å²) in [5.41, 5.74) is 3.06. The highest BCUT2D eigenvalue weighted by molar-refractivity contribution is 7.99. The Hall–Kier alpha value is -2.73. The lowest BCUT2D eigenvalue weighted by atomic mass is 10.2. The van der Waals surface area contributed by atoms with Gasteiger partial charge in [0.15, 0.2) is 0 Å². The summed E-state index contributed by atoms with van der Waals surface area (Å²) in [5.74, 6) is 0. The fourth-order valence-electron chi connectivity index (χ4n) is 2.39. The van der Waals surface area contributed by atoms with Gasteiger partial charge in [0.2, 0.25) is 5.16 Å². The normalized spacial score (nSPS) is 11.0. The van der Waals surface area contributed by atoms with Crippen molar-refractivity contribution in [3.8, 4) is 5.69 Å². The Balaban J connectivity index is 1.72. The Bertz CT molecular complexity index is 979. The standard InChI is InChI=1S/C17H13N5S/c1-12-6-2-5-9-15(12)22-17(19-20-21-22)23-16-11-10-13-7-3-4-8-14(13)18-16/h2-11H,1H3. The van der Waals surface area contributed by atoms with Gasteiger partial charge in [-0.25, -0.2) is 4.98 Å². The summed E-state index contributed by atoms with van der Waals surface area (Å²) in [6.45, 7) is 2.04. The second-order valence-corrected chi connectivity index (χ2v) is 6.09. The van der Waals surface area contributed by atoms with E-state index in [1.54, 1.807) is 4.68 Å².